The molecule has 4 nitrogen and oxygen atoms in total. The van der Waals surface area contributed by atoms with Gasteiger partial charge in [-0.2, -0.15) is 0 Å². The molecule has 150 valence electrons. The van der Waals surface area contributed by atoms with Crippen molar-refractivity contribution in [3.05, 3.63) is 107 Å². The molecule has 4 rings (SSSR count). The van der Waals surface area contributed by atoms with Crippen molar-refractivity contribution < 1.29 is 14.0 Å². The van der Waals surface area contributed by atoms with Crippen LogP contribution in [-0.2, 0) is 9.59 Å². The number of aryl methyl sites for hydroxylation is 1. The molecule has 1 N–H and O–H groups in total. The third kappa shape index (κ3) is 4.15. The van der Waals surface area contributed by atoms with Crippen LogP contribution in [0.5, 0.6) is 0 Å². The van der Waals surface area contributed by atoms with Crippen LogP contribution in [0.15, 0.2) is 78.9 Å². The Kier molecular flexibility index (Phi) is 5.44. The summed E-state index contributed by atoms with van der Waals surface area (Å²) in [6.07, 6.45) is 3.20. The number of hydrogen-bond acceptors (Lipinski definition) is 2. The van der Waals surface area contributed by atoms with E-state index < -0.39 is 6.04 Å². The van der Waals surface area contributed by atoms with E-state index in [0.717, 1.165) is 22.3 Å². The van der Waals surface area contributed by atoms with Gasteiger partial charge in [-0.25, -0.2) is 4.39 Å². The fourth-order valence-electron chi connectivity index (χ4n) is 3.66. The summed E-state index contributed by atoms with van der Waals surface area (Å²) in [4.78, 5) is 27.3. The molecule has 0 bridgehead atoms. The van der Waals surface area contributed by atoms with E-state index in [1.165, 1.54) is 23.1 Å². The smallest absolute Gasteiger partial charge is 0.247 e. The monoisotopic (exact) mass is 400 g/mol. The SMILES string of the molecule is Cc1ccc2c(c1)[C@H](c1ccc(F)cc1)N(C(=O)C=Cc1ccccc1)CC(=O)N2. The molecule has 1 aliphatic heterocycles. The van der Waals surface area contributed by atoms with Crippen molar-refractivity contribution in [2.75, 3.05) is 11.9 Å². The summed E-state index contributed by atoms with van der Waals surface area (Å²) in [5.74, 6) is -0.920. The van der Waals surface area contributed by atoms with Gasteiger partial charge in [0.25, 0.3) is 0 Å². The van der Waals surface area contributed by atoms with Gasteiger partial charge < -0.3 is 10.2 Å². The van der Waals surface area contributed by atoms with Crippen molar-refractivity contribution in [1.82, 2.24) is 4.90 Å². The zero-order chi connectivity index (χ0) is 21.1. The standard InChI is InChI=1S/C25H21FN2O2/c1-17-7-13-22-21(15-17)25(19-9-11-20(26)12-10-19)28(16-23(29)27-22)24(30)14-8-18-5-3-2-4-6-18/h2-15,25H,16H2,1H3,(H,27,29)/t25-/m0/s1. The van der Waals surface area contributed by atoms with Gasteiger partial charge in [-0.3, -0.25) is 9.59 Å². The molecule has 2 amide bonds. The minimum Gasteiger partial charge on any atom is -0.324 e. The highest BCUT2D eigenvalue weighted by Gasteiger charge is 2.32. The second-order valence-electron chi connectivity index (χ2n) is 7.30. The minimum absolute atomic E-state index is 0.103. The predicted octanol–water partition coefficient (Wildman–Crippen LogP) is 4.72. The molecule has 1 aliphatic rings. The molecule has 0 unspecified atom stereocenters. The second kappa shape index (κ2) is 8.33. The van der Waals surface area contributed by atoms with Gasteiger partial charge in [0.2, 0.25) is 11.8 Å². The molecule has 0 saturated carbocycles. The second-order valence-corrected chi connectivity index (χ2v) is 7.30. The first-order valence-corrected chi connectivity index (χ1v) is 9.71. The third-order valence-electron chi connectivity index (χ3n) is 5.09. The lowest BCUT2D eigenvalue weighted by molar-refractivity contribution is -0.131. The lowest BCUT2D eigenvalue weighted by Gasteiger charge is -2.30. The molecule has 0 aliphatic carbocycles. The Morgan fingerprint density at radius 2 is 1.80 bits per heavy atom. The Hall–Kier alpha value is -3.73. The van der Waals surface area contributed by atoms with E-state index in [4.69, 9.17) is 0 Å². The Labute approximate surface area is 174 Å². The maximum atomic E-state index is 13.6. The Morgan fingerprint density at radius 3 is 2.53 bits per heavy atom. The molecular weight excluding hydrogens is 379 g/mol. The predicted molar refractivity (Wildman–Crippen MR) is 115 cm³/mol. The van der Waals surface area contributed by atoms with Gasteiger partial charge in [-0.15, -0.1) is 0 Å². The van der Waals surface area contributed by atoms with E-state index in [1.54, 1.807) is 18.2 Å². The van der Waals surface area contributed by atoms with Crippen molar-refractivity contribution in [2.24, 2.45) is 0 Å². The molecule has 3 aromatic rings. The molecule has 30 heavy (non-hydrogen) atoms. The molecule has 3 aromatic carbocycles. The number of nitrogens with zero attached hydrogens (tertiary/aromatic N) is 1. The summed E-state index contributed by atoms with van der Waals surface area (Å²) in [6, 6.07) is 20.7. The van der Waals surface area contributed by atoms with E-state index in [0.29, 0.717) is 5.69 Å². The molecule has 0 fully saturated rings. The number of amides is 2. The highest BCUT2D eigenvalue weighted by Crippen LogP contribution is 2.36. The van der Waals surface area contributed by atoms with Crippen LogP contribution < -0.4 is 5.32 Å². The van der Waals surface area contributed by atoms with Crippen molar-refractivity contribution in [3.8, 4) is 0 Å². The van der Waals surface area contributed by atoms with E-state index >= 15 is 0 Å². The van der Waals surface area contributed by atoms with Crippen LogP contribution in [0.4, 0.5) is 10.1 Å². The molecule has 0 aromatic heterocycles. The molecule has 0 saturated heterocycles. The largest absolute Gasteiger partial charge is 0.324 e. The first kappa shape index (κ1) is 19.6. The average molecular weight is 400 g/mol. The first-order valence-electron chi connectivity index (χ1n) is 9.71. The summed E-state index contributed by atoms with van der Waals surface area (Å²) in [5, 5.41) is 2.89. The van der Waals surface area contributed by atoms with Gasteiger partial charge in [0.05, 0.1) is 6.04 Å². The zero-order valence-corrected chi connectivity index (χ0v) is 16.5. The molecule has 1 atom stereocenters. The zero-order valence-electron chi connectivity index (χ0n) is 16.5. The third-order valence-corrected chi connectivity index (χ3v) is 5.09. The quantitative estimate of drug-likeness (QED) is 0.647. The Balaban J connectivity index is 1.79. The van der Waals surface area contributed by atoms with Crippen LogP contribution in [-0.4, -0.2) is 23.3 Å². The maximum Gasteiger partial charge on any atom is 0.247 e. The van der Waals surface area contributed by atoms with E-state index in [1.807, 2.05) is 55.5 Å². The average Bonchev–Trinajstić information content (AvgIpc) is 2.89. The molecule has 1 heterocycles. The van der Waals surface area contributed by atoms with Crippen molar-refractivity contribution in [3.63, 3.8) is 0 Å². The van der Waals surface area contributed by atoms with Crippen LogP contribution in [0.3, 0.4) is 0 Å². The normalized spacial score (nSPS) is 16.1. The van der Waals surface area contributed by atoms with Crippen LogP contribution >= 0.6 is 0 Å². The van der Waals surface area contributed by atoms with Crippen LogP contribution in [0, 0.1) is 12.7 Å². The maximum absolute atomic E-state index is 13.6. The van der Waals surface area contributed by atoms with Crippen LogP contribution in [0.25, 0.3) is 6.08 Å². The molecule has 0 spiro atoms. The Morgan fingerprint density at radius 1 is 1.07 bits per heavy atom. The topological polar surface area (TPSA) is 49.4 Å². The van der Waals surface area contributed by atoms with Gasteiger partial charge in [-0.05, 0) is 42.3 Å². The number of carbonyl (C=O) groups excluding carboxylic acids is 2. The number of fused-ring (bicyclic) bond motifs is 1. The van der Waals surface area contributed by atoms with Gasteiger partial charge in [-0.1, -0.05) is 60.2 Å². The van der Waals surface area contributed by atoms with Gasteiger partial charge in [0.15, 0.2) is 0 Å². The van der Waals surface area contributed by atoms with Crippen molar-refractivity contribution in [1.29, 1.82) is 0 Å². The molecular formula is C25H21FN2O2. The first-order chi connectivity index (χ1) is 14.5. The summed E-state index contributed by atoms with van der Waals surface area (Å²) in [5.41, 5.74) is 4.08. The fraction of sp³-hybridized carbons (Fsp3) is 0.120. The summed E-state index contributed by atoms with van der Waals surface area (Å²) in [6.45, 7) is 1.85. The van der Waals surface area contributed by atoms with Crippen molar-refractivity contribution in [2.45, 2.75) is 13.0 Å². The summed E-state index contributed by atoms with van der Waals surface area (Å²) >= 11 is 0. The van der Waals surface area contributed by atoms with Gasteiger partial charge in [0, 0.05) is 17.3 Å². The van der Waals surface area contributed by atoms with Gasteiger partial charge in [0.1, 0.15) is 12.4 Å². The highest BCUT2D eigenvalue weighted by molar-refractivity contribution is 6.00. The number of rotatable bonds is 3. The number of anilines is 1. The fourth-order valence-corrected chi connectivity index (χ4v) is 3.66. The lowest BCUT2D eigenvalue weighted by atomic mass is 9.94. The van der Waals surface area contributed by atoms with Crippen LogP contribution in [0.2, 0.25) is 0 Å². The minimum atomic E-state index is -0.521. The van der Waals surface area contributed by atoms with Crippen molar-refractivity contribution >= 4 is 23.6 Å². The van der Waals surface area contributed by atoms with Crippen LogP contribution in [0.1, 0.15) is 28.3 Å². The Bertz CT molecular complexity index is 1110. The lowest BCUT2D eigenvalue weighted by Crippen LogP contribution is -2.38. The molecule has 0 radical (unpaired) electrons. The highest BCUT2D eigenvalue weighted by atomic mass is 19.1. The number of hydrogen-bond donors (Lipinski definition) is 1. The van der Waals surface area contributed by atoms with Gasteiger partial charge >= 0.3 is 0 Å². The van der Waals surface area contributed by atoms with E-state index in [-0.39, 0.29) is 24.2 Å². The van der Waals surface area contributed by atoms with E-state index in [2.05, 4.69) is 5.32 Å². The number of carbonyl (C=O) groups is 2. The number of halogens is 1. The van der Waals surface area contributed by atoms with E-state index in [9.17, 15) is 14.0 Å². The number of benzene rings is 3. The summed E-state index contributed by atoms with van der Waals surface area (Å²) in [7, 11) is 0. The summed E-state index contributed by atoms with van der Waals surface area (Å²) < 4.78 is 13.6. The molecule has 5 heteroatoms. The number of nitrogens with one attached hydrogen (secondary N) is 1.